The Hall–Kier alpha value is -2.64. The first-order valence-corrected chi connectivity index (χ1v) is 9.06. The van der Waals surface area contributed by atoms with Gasteiger partial charge in [-0.25, -0.2) is 4.39 Å². The topological polar surface area (TPSA) is 75.7 Å². The van der Waals surface area contributed by atoms with Crippen molar-refractivity contribution in [3.05, 3.63) is 58.3 Å². The molecule has 1 N–H and O–H groups in total. The molecule has 1 fully saturated rings. The van der Waals surface area contributed by atoms with Crippen LogP contribution in [0.1, 0.15) is 6.42 Å². The minimum atomic E-state index is -0.699. The molecule has 146 valence electrons. The molecule has 1 atom stereocenters. The highest BCUT2D eigenvalue weighted by molar-refractivity contribution is 6.42. The first-order valence-electron chi connectivity index (χ1n) is 8.31. The van der Waals surface area contributed by atoms with E-state index in [1.54, 1.807) is 6.07 Å². The minimum Gasteiger partial charge on any atom is -0.455 e. The number of anilines is 2. The fraction of sp³-hybridized carbons (Fsp3) is 0.211. The number of esters is 1. The molecule has 0 unspecified atom stereocenters. The lowest BCUT2D eigenvalue weighted by Crippen LogP contribution is -2.28. The molecule has 2 aromatic carbocycles. The number of halogens is 3. The third-order valence-corrected chi connectivity index (χ3v) is 4.88. The van der Waals surface area contributed by atoms with Crippen LogP contribution in [-0.4, -0.2) is 30.9 Å². The molecular formula is C19H15Cl2FN2O4. The Balaban J connectivity index is 1.52. The van der Waals surface area contributed by atoms with Gasteiger partial charge in [0.15, 0.2) is 6.61 Å². The summed E-state index contributed by atoms with van der Waals surface area (Å²) >= 11 is 11.7. The minimum absolute atomic E-state index is 0.0371. The van der Waals surface area contributed by atoms with Crippen molar-refractivity contribution in [1.29, 1.82) is 0 Å². The van der Waals surface area contributed by atoms with Gasteiger partial charge in [-0.1, -0.05) is 23.2 Å². The van der Waals surface area contributed by atoms with Crippen molar-refractivity contribution in [2.24, 2.45) is 5.92 Å². The first kappa shape index (κ1) is 20.1. The van der Waals surface area contributed by atoms with Crippen molar-refractivity contribution >= 4 is 52.4 Å². The Kier molecular flexibility index (Phi) is 6.16. The molecule has 0 spiro atoms. The van der Waals surface area contributed by atoms with Gasteiger partial charge >= 0.3 is 5.97 Å². The molecule has 0 aliphatic carbocycles. The molecule has 0 saturated carbocycles. The molecular weight excluding hydrogens is 410 g/mol. The van der Waals surface area contributed by atoms with Gasteiger partial charge in [-0.3, -0.25) is 14.4 Å². The van der Waals surface area contributed by atoms with Crippen LogP contribution >= 0.6 is 23.2 Å². The van der Waals surface area contributed by atoms with Gasteiger partial charge in [-0.2, -0.15) is 0 Å². The fourth-order valence-corrected chi connectivity index (χ4v) is 3.06. The lowest BCUT2D eigenvalue weighted by atomic mass is 10.1. The largest absolute Gasteiger partial charge is 0.455 e. The number of hydrogen-bond donors (Lipinski definition) is 1. The summed E-state index contributed by atoms with van der Waals surface area (Å²) in [5.74, 6) is -2.59. The Morgan fingerprint density at radius 1 is 1.14 bits per heavy atom. The molecule has 0 aromatic heterocycles. The molecule has 1 heterocycles. The lowest BCUT2D eigenvalue weighted by molar-refractivity contribution is -0.151. The molecule has 2 aromatic rings. The molecule has 6 nitrogen and oxygen atoms in total. The van der Waals surface area contributed by atoms with Crippen molar-refractivity contribution in [3.63, 3.8) is 0 Å². The Morgan fingerprint density at radius 2 is 1.86 bits per heavy atom. The Bertz CT molecular complexity index is 921. The number of hydrogen-bond acceptors (Lipinski definition) is 4. The Labute approximate surface area is 170 Å². The third-order valence-electron chi connectivity index (χ3n) is 4.15. The maximum absolute atomic E-state index is 13.0. The first-order chi connectivity index (χ1) is 13.3. The van der Waals surface area contributed by atoms with E-state index in [1.165, 1.54) is 41.3 Å². The van der Waals surface area contributed by atoms with Gasteiger partial charge in [-0.15, -0.1) is 0 Å². The number of nitrogens with zero attached hydrogens (tertiary/aromatic N) is 1. The van der Waals surface area contributed by atoms with E-state index in [-0.39, 0.29) is 23.9 Å². The number of carbonyl (C=O) groups excluding carboxylic acids is 3. The van der Waals surface area contributed by atoms with Crippen molar-refractivity contribution in [1.82, 2.24) is 0 Å². The smallest absolute Gasteiger partial charge is 0.311 e. The zero-order valence-corrected chi connectivity index (χ0v) is 16.0. The van der Waals surface area contributed by atoms with Crippen LogP contribution in [0.25, 0.3) is 0 Å². The van der Waals surface area contributed by atoms with Crippen molar-refractivity contribution in [3.8, 4) is 0 Å². The van der Waals surface area contributed by atoms with Gasteiger partial charge in [0.2, 0.25) is 5.91 Å². The van der Waals surface area contributed by atoms with Gasteiger partial charge in [0, 0.05) is 24.3 Å². The van der Waals surface area contributed by atoms with Gasteiger partial charge in [0.05, 0.1) is 16.0 Å². The van der Waals surface area contributed by atoms with Crippen LogP contribution in [0, 0.1) is 11.7 Å². The van der Waals surface area contributed by atoms with E-state index < -0.39 is 30.2 Å². The number of ether oxygens (including phenoxy) is 1. The highest BCUT2D eigenvalue weighted by Crippen LogP contribution is 2.26. The molecule has 1 saturated heterocycles. The fourth-order valence-electron chi connectivity index (χ4n) is 2.76. The lowest BCUT2D eigenvalue weighted by Gasteiger charge is -2.16. The average molecular weight is 425 g/mol. The number of carbonyl (C=O) groups is 3. The summed E-state index contributed by atoms with van der Waals surface area (Å²) in [5, 5.41) is 3.16. The summed E-state index contributed by atoms with van der Waals surface area (Å²) in [6, 6.07) is 9.96. The predicted molar refractivity (Wildman–Crippen MR) is 103 cm³/mol. The second kappa shape index (κ2) is 8.58. The summed E-state index contributed by atoms with van der Waals surface area (Å²) < 4.78 is 18.0. The summed E-state index contributed by atoms with van der Waals surface area (Å²) in [7, 11) is 0. The van der Waals surface area contributed by atoms with Crippen LogP contribution in [0.5, 0.6) is 0 Å². The van der Waals surface area contributed by atoms with Crippen molar-refractivity contribution in [2.75, 3.05) is 23.4 Å². The quantitative estimate of drug-likeness (QED) is 0.742. The van der Waals surface area contributed by atoms with Crippen molar-refractivity contribution < 1.29 is 23.5 Å². The van der Waals surface area contributed by atoms with Gasteiger partial charge in [-0.05, 0) is 42.5 Å². The second-order valence-electron chi connectivity index (χ2n) is 6.17. The molecule has 28 heavy (non-hydrogen) atoms. The van der Waals surface area contributed by atoms with Crippen LogP contribution in [0.15, 0.2) is 42.5 Å². The standard InChI is InChI=1S/C19H15Cl2FN2O4/c20-15-6-3-13(8-16(15)21)23-17(25)10-28-19(27)11-7-18(26)24(9-11)14-4-1-12(22)2-5-14/h1-6,8,11H,7,9-10H2,(H,23,25)/t11-/m1/s1. The van der Waals surface area contributed by atoms with E-state index in [0.29, 0.717) is 16.4 Å². The van der Waals surface area contributed by atoms with Crippen LogP contribution in [-0.2, 0) is 19.1 Å². The molecule has 1 aliphatic heterocycles. The number of rotatable bonds is 5. The second-order valence-corrected chi connectivity index (χ2v) is 6.98. The van der Waals surface area contributed by atoms with Crippen molar-refractivity contribution in [2.45, 2.75) is 6.42 Å². The van der Waals surface area contributed by atoms with Gasteiger partial charge < -0.3 is 15.0 Å². The number of nitrogens with one attached hydrogen (secondary N) is 1. The predicted octanol–water partition coefficient (Wildman–Crippen LogP) is 3.67. The van der Waals surface area contributed by atoms with E-state index in [9.17, 15) is 18.8 Å². The highest BCUT2D eigenvalue weighted by Gasteiger charge is 2.36. The van der Waals surface area contributed by atoms with E-state index in [1.807, 2.05) is 0 Å². The van der Waals surface area contributed by atoms with Gasteiger partial charge in [0.25, 0.3) is 5.91 Å². The molecule has 2 amide bonds. The average Bonchev–Trinajstić information content (AvgIpc) is 3.05. The molecule has 0 bridgehead atoms. The van der Waals surface area contributed by atoms with Crippen LogP contribution in [0.4, 0.5) is 15.8 Å². The SMILES string of the molecule is O=C(COC(=O)[C@@H]1CC(=O)N(c2ccc(F)cc2)C1)Nc1ccc(Cl)c(Cl)c1. The summed E-state index contributed by atoms with van der Waals surface area (Å²) in [6.07, 6.45) is -0.0371. The maximum Gasteiger partial charge on any atom is 0.311 e. The van der Waals surface area contributed by atoms with Crippen LogP contribution in [0.2, 0.25) is 10.0 Å². The van der Waals surface area contributed by atoms with Crippen LogP contribution < -0.4 is 10.2 Å². The summed E-state index contributed by atoms with van der Waals surface area (Å²) in [6.45, 7) is -0.391. The maximum atomic E-state index is 13.0. The summed E-state index contributed by atoms with van der Waals surface area (Å²) in [4.78, 5) is 37.7. The number of amides is 2. The molecule has 1 aliphatic rings. The van der Waals surface area contributed by atoms with Crippen LogP contribution in [0.3, 0.4) is 0 Å². The Morgan fingerprint density at radius 3 is 2.54 bits per heavy atom. The zero-order valence-electron chi connectivity index (χ0n) is 14.5. The normalized spacial score (nSPS) is 16.2. The molecule has 3 rings (SSSR count). The van der Waals surface area contributed by atoms with E-state index in [4.69, 9.17) is 27.9 Å². The zero-order chi connectivity index (χ0) is 20.3. The van der Waals surface area contributed by atoms with Gasteiger partial charge in [0.1, 0.15) is 5.82 Å². The van der Waals surface area contributed by atoms with E-state index in [2.05, 4.69) is 5.32 Å². The molecule has 0 radical (unpaired) electrons. The monoisotopic (exact) mass is 424 g/mol. The van der Waals surface area contributed by atoms with E-state index in [0.717, 1.165) is 0 Å². The van der Waals surface area contributed by atoms with E-state index >= 15 is 0 Å². The molecule has 9 heteroatoms. The highest BCUT2D eigenvalue weighted by atomic mass is 35.5. The summed E-state index contributed by atoms with van der Waals surface area (Å²) in [5.41, 5.74) is 0.910. The number of benzene rings is 2. The third kappa shape index (κ3) is 4.79.